The lowest BCUT2D eigenvalue weighted by Gasteiger charge is -2.55. The molecule has 3 aliphatic heterocycles. The Morgan fingerprint density at radius 2 is 0.740 bits per heavy atom. The summed E-state index contributed by atoms with van der Waals surface area (Å²) in [6.07, 6.45) is 36.6. The number of carbonyl (C=O) groups is 9. The first kappa shape index (κ1) is 105. The van der Waals surface area contributed by atoms with Gasteiger partial charge >= 0.3 is 5.97 Å². The molecule has 6 aromatic heterocycles. The molecule has 146 heavy (non-hydrogen) atoms. The number of anilines is 3. The van der Waals surface area contributed by atoms with Crippen molar-refractivity contribution in [2.24, 2.45) is 52.1 Å². The predicted octanol–water partition coefficient (Wildman–Crippen LogP) is 20.5. The molecular weight excluding hydrogens is 1830 g/mol. The number of hydrogen-bond donors (Lipinski definition) is 4. The van der Waals surface area contributed by atoms with Gasteiger partial charge in [-0.05, 0) is 338 Å². The average molecular weight is 1980 g/mol. The van der Waals surface area contributed by atoms with Crippen LogP contribution in [0, 0.1) is 46.3 Å². The molecule has 1 amide bonds. The lowest BCUT2D eigenvalue weighted by atomic mass is 9.49. The second kappa shape index (κ2) is 46.1. The molecule has 3 aromatic carbocycles. The Kier molecular flexibility index (Phi) is 33.2. The Labute approximate surface area is 860 Å². The van der Waals surface area contributed by atoms with Gasteiger partial charge in [0.25, 0.3) is 0 Å². The zero-order chi connectivity index (χ0) is 103. The zero-order valence-corrected chi connectivity index (χ0v) is 88.2. The fourth-order valence-corrected chi connectivity index (χ4v) is 26.2. The molecule has 0 atom stereocenters. The average Bonchev–Trinajstić information content (AvgIpc) is 1.24. The van der Waals surface area contributed by atoms with E-state index in [1.54, 1.807) is 18.6 Å². The Bertz CT molecular complexity index is 6520. The van der Waals surface area contributed by atoms with Crippen LogP contribution in [0.1, 0.15) is 280 Å². The summed E-state index contributed by atoms with van der Waals surface area (Å²) in [5.74, 6) is 7.77. The van der Waals surface area contributed by atoms with E-state index in [1.807, 2.05) is 99.3 Å². The lowest BCUT2D eigenvalue weighted by Crippen LogP contribution is -2.54. The third-order valence-corrected chi connectivity index (χ3v) is 32.9. The number of allylic oxidation sites excluding steroid dienone is 12. The summed E-state index contributed by atoms with van der Waals surface area (Å²) >= 11 is 0. The van der Waals surface area contributed by atoms with Crippen molar-refractivity contribution in [1.82, 2.24) is 64.7 Å². The molecule has 27 nitrogen and oxygen atoms in total. The van der Waals surface area contributed by atoms with Gasteiger partial charge in [-0.1, -0.05) is 41.9 Å². The molecule has 23 rings (SSSR count). The van der Waals surface area contributed by atoms with E-state index in [2.05, 4.69) is 165 Å². The summed E-state index contributed by atoms with van der Waals surface area (Å²) in [6.45, 7) is 40.7. The fraction of sp³-hybridized carbons (Fsp3) is 0.521. The van der Waals surface area contributed by atoms with Gasteiger partial charge in [0, 0.05) is 241 Å². The van der Waals surface area contributed by atoms with Gasteiger partial charge in [0.1, 0.15) is 23.7 Å². The summed E-state index contributed by atoms with van der Waals surface area (Å²) in [5.41, 5.74) is 24.2. The highest BCUT2D eigenvalue weighted by Gasteiger charge is 2.56. The third kappa shape index (κ3) is 23.8. The van der Waals surface area contributed by atoms with E-state index < -0.39 is 5.97 Å². The molecule has 0 spiro atoms. The number of carboxylic acids is 1. The summed E-state index contributed by atoms with van der Waals surface area (Å²) in [4.78, 5) is 139. The quantitative estimate of drug-likeness (QED) is 0.0250. The molecule has 3 saturated heterocycles. The molecule has 772 valence electrons. The zero-order valence-electron chi connectivity index (χ0n) is 88.2. The molecule has 0 radical (unpaired) electrons. The molecule has 0 unspecified atom stereocenters. The lowest BCUT2D eigenvalue weighted by molar-refractivity contribution is -0.164. The normalized spacial score (nSPS) is 23.0. The van der Waals surface area contributed by atoms with Gasteiger partial charge in [0.2, 0.25) is 5.91 Å². The maximum atomic E-state index is 13.8. The second-order valence-corrected chi connectivity index (χ2v) is 44.9. The molecule has 5 N–H and O–H groups in total. The Hall–Kier alpha value is -12.2. The Morgan fingerprint density at radius 3 is 1.02 bits per heavy atom. The number of fused-ring (bicyclic) bond motifs is 3. The number of carboxylic acid groups (broad SMARTS) is 1. The molecule has 8 saturated carbocycles. The number of benzene rings is 3. The van der Waals surface area contributed by atoms with Gasteiger partial charge in [-0.3, -0.25) is 62.2 Å². The van der Waals surface area contributed by atoms with Crippen LogP contribution < -0.4 is 31.1 Å². The van der Waals surface area contributed by atoms with E-state index in [0.717, 1.165) is 312 Å². The number of Topliss-reactive ketones (excluding diaryl/α,β-unsaturated/α-hetero) is 6. The van der Waals surface area contributed by atoms with E-state index >= 15 is 0 Å². The summed E-state index contributed by atoms with van der Waals surface area (Å²) in [6, 6.07) is 25.2. The largest absolute Gasteiger partial charge is 0.481 e. The minimum atomic E-state index is -0.508. The van der Waals surface area contributed by atoms with Crippen molar-refractivity contribution in [2.45, 2.75) is 249 Å². The minimum absolute atomic E-state index is 0.0179. The number of carbonyl (C=O) groups excluding carboxylic acids is 8. The van der Waals surface area contributed by atoms with Gasteiger partial charge in [-0.15, -0.1) is 0 Å². The highest BCUT2D eigenvalue weighted by Crippen LogP contribution is 2.62. The number of nitrogens with zero attached hydrogens (tertiary/aromatic N) is 14. The molecule has 8 bridgehead atoms. The number of pyridine rings is 3. The van der Waals surface area contributed by atoms with Crippen LogP contribution in [0.15, 0.2) is 178 Å². The summed E-state index contributed by atoms with van der Waals surface area (Å²) in [7, 11) is 0. The van der Waals surface area contributed by atoms with Crippen LogP contribution in [0.25, 0.3) is 66.1 Å². The van der Waals surface area contributed by atoms with Crippen LogP contribution in [0.2, 0.25) is 0 Å². The third-order valence-electron chi connectivity index (χ3n) is 32.9. The SMILES string of the molecule is CC1=CC(C)=C(CCC(=O)c2cc(-c3ccc(N4CCN(CCN)CC4)nc3)cc3c2cnn3C(C)C)C(=O)C1.CC1=CC(C)=C(CCC(=O)c2cc(-c3ccc(N4CCN(CCNC(=O)C56CC7CC(CC(C7)C5)C6)CC4)nc3)cc3c2cnn3C(C)C)C(=O)C1.CC1=CC(C)=C(CCC(=O)c2cc(-c3ccc(N4CCNCC4)nc3)cc3c2cnn3C(C)C)C(=O)C1.CCC=O.O=C(O)C12CC3CC(CC(C3)C1)C2. The molecule has 11 fully saturated rings. The van der Waals surface area contributed by atoms with E-state index in [4.69, 9.17) is 20.7 Å². The van der Waals surface area contributed by atoms with Crippen LogP contribution in [-0.4, -0.2) is 217 Å². The molecule has 9 aromatic rings. The predicted molar refractivity (Wildman–Crippen MR) is 579 cm³/mol. The van der Waals surface area contributed by atoms with Gasteiger partial charge < -0.3 is 41.0 Å². The van der Waals surface area contributed by atoms with E-state index in [0.29, 0.717) is 74.1 Å². The maximum Gasteiger partial charge on any atom is 0.309 e. The standard InChI is InChI=1S/C43H54N6O3.C32H40N6O2.C30H35N5O2.C11H16O2.C3H6O/c1-27(2)49-38-21-34(20-36(37(38)26-46-49)39(50)7-6-35-29(4)15-28(3)16-40(35)51)33-5-8-41(45-25-33)48-13-11-47(12-14-48)10-9-44-42(52)43-22-30-17-31(23-43)19-32(18-30)24-43;1-21(2)38-29-18-25(24-5-8-32(34-19-24)37-13-11-36(10-9-33)12-14-37)17-27(28(29)20-35-38)30(39)7-6-26-23(4)15-22(3)16-31(26)40;1-19(2)35-27-16-23(22-5-8-30(32-17-22)34-11-9-31-10-12-34)15-25(26(27)18-33-35)28(36)7-6-24-21(4)13-20(3)14-29(24)37;12-10(13)11-4-7-1-8(5-11)3-9(2-7)6-11;1-2-3-4/h5,8,15,20-21,25-27,30-32H,6-7,9-14,16-19,22-24H2,1-4H3,(H,44,52);5,8,15,17-21H,6-7,9-14,16,33H2,1-4H3;5,8,13,15-19,31H,6-7,9-12,14H2,1-4H3;7-9H,1-6H2,(H,12,13);3H,2H2,1H3. The van der Waals surface area contributed by atoms with E-state index in [1.165, 1.54) is 38.5 Å². The number of piperazine rings is 3. The number of amides is 1. The van der Waals surface area contributed by atoms with Crippen LogP contribution >= 0.6 is 0 Å². The van der Waals surface area contributed by atoms with Gasteiger partial charge in [0.15, 0.2) is 34.7 Å². The summed E-state index contributed by atoms with van der Waals surface area (Å²) in [5, 5.41) is 32.4. The maximum absolute atomic E-state index is 13.8. The highest BCUT2D eigenvalue weighted by atomic mass is 16.4. The number of ketones is 6. The second-order valence-electron chi connectivity index (χ2n) is 44.9. The topological polar surface area (TPSA) is 332 Å². The fourth-order valence-electron chi connectivity index (χ4n) is 26.2. The number of aromatic nitrogens is 9. The van der Waals surface area contributed by atoms with Crippen LogP contribution in [0.5, 0.6) is 0 Å². The number of aldehydes is 1. The monoisotopic (exact) mass is 1980 g/mol. The van der Waals surface area contributed by atoms with Crippen molar-refractivity contribution in [3.63, 3.8) is 0 Å². The smallest absolute Gasteiger partial charge is 0.309 e. The Balaban J connectivity index is 0.000000140. The van der Waals surface area contributed by atoms with Crippen molar-refractivity contribution in [3.05, 3.63) is 195 Å². The van der Waals surface area contributed by atoms with Crippen LogP contribution in [0.3, 0.4) is 0 Å². The number of rotatable bonds is 29. The van der Waals surface area contributed by atoms with Crippen molar-refractivity contribution < 1.29 is 48.3 Å². The molecular formula is C119H151N17O10. The number of aliphatic carboxylic acids is 1. The first-order chi connectivity index (χ1) is 70.2. The molecule has 9 heterocycles. The van der Waals surface area contributed by atoms with Crippen LogP contribution in [-0.2, 0) is 28.8 Å². The van der Waals surface area contributed by atoms with Gasteiger partial charge in [0.05, 0.1) is 40.6 Å². The van der Waals surface area contributed by atoms with Crippen molar-refractivity contribution in [1.29, 1.82) is 0 Å². The van der Waals surface area contributed by atoms with E-state index in [9.17, 15) is 48.3 Å². The highest BCUT2D eigenvalue weighted by molar-refractivity contribution is 6.12. The number of nitrogens with two attached hydrogens (primary N) is 1. The number of nitrogens with one attached hydrogen (secondary N) is 2. The van der Waals surface area contributed by atoms with Crippen LogP contribution in [0.4, 0.5) is 17.5 Å². The van der Waals surface area contributed by atoms with E-state index in [-0.39, 0.29) is 82.9 Å². The summed E-state index contributed by atoms with van der Waals surface area (Å²) < 4.78 is 5.89. The molecule has 14 aliphatic rings. The minimum Gasteiger partial charge on any atom is -0.481 e. The first-order valence-electron chi connectivity index (χ1n) is 54.0. The van der Waals surface area contributed by atoms with Crippen molar-refractivity contribution in [2.75, 3.05) is 119 Å². The van der Waals surface area contributed by atoms with Gasteiger partial charge in [-0.25, -0.2) is 15.0 Å². The molecule has 27 heteroatoms. The van der Waals surface area contributed by atoms with Crippen molar-refractivity contribution in [3.8, 4) is 33.4 Å². The Morgan fingerprint density at radius 1 is 0.432 bits per heavy atom. The first-order valence-corrected chi connectivity index (χ1v) is 54.0. The molecule has 11 aliphatic carbocycles. The van der Waals surface area contributed by atoms with Gasteiger partial charge in [-0.2, -0.15) is 15.3 Å². The number of hydrogen-bond acceptors (Lipinski definition) is 22. The van der Waals surface area contributed by atoms with Crippen molar-refractivity contribution >= 4 is 103 Å².